The van der Waals surface area contributed by atoms with E-state index in [4.69, 9.17) is 20.0 Å². The van der Waals surface area contributed by atoms with Crippen LogP contribution in [0.15, 0.2) is 117 Å². The number of hydrogen-bond acceptors (Lipinski definition) is 4. The van der Waals surface area contributed by atoms with Crippen LogP contribution in [0.3, 0.4) is 0 Å². The van der Waals surface area contributed by atoms with Crippen molar-refractivity contribution in [2.45, 2.75) is 0 Å². The minimum absolute atomic E-state index is 0. The van der Waals surface area contributed by atoms with Gasteiger partial charge in [-0.2, -0.15) is 0 Å². The van der Waals surface area contributed by atoms with E-state index in [2.05, 4.69) is 0 Å². The van der Waals surface area contributed by atoms with Gasteiger partial charge in [0.15, 0.2) is 0 Å². The maximum Gasteiger partial charge on any atom is 2.00 e. The van der Waals surface area contributed by atoms with E-state index >= 15 is 0 Å². The van der Waals surface area contributed by atoms with Crippen molar-refractivity contribution in [1.29, 1.82) is 0 Å². The molecule has 4 aromatic carbocycles. The van der Waals surface area contributed by atoms with Gasteiger partial charge in [0.1, 0.15) is 0 Å². The molecule has 1 aliphatic heterocycles. The molecule has 0 amide bonds. The molecule has 4 aromatic rings. The Kier molecular flexibility index (Phi) is 7.15. The van der Waals surface area contributed by atoms with E-state index in [1.54, 1.807) is 0 Å². The first-order chi connectivity index (χ1) is 15.9. The molecule has 5 rings (SSSR count). The molecule has 4 nitrogen and oxygen atoms in total. The van der Waals surface area contributed by atoms with Gasteiger partial charge in [0, 0.05) is 45.7 Å². The molecular formula is C28H20CuN4+2. The van der Waals surface area contributed by atoms with Crippen molar-refractivity contribution in [2.75, 3.05) is 0 Å². The number of nitrogens with zero attached hydrogens (tertiary/aromatic N) is 4. The summed E-state index contributed by atoms with van der Waals surface area (Å²) in [5.41, 5.74) is 0. The normalized spacial score (nSPS) is 12.1. The third-order valence-electron chi connectivity index (χ3n) is 5.12. The zero-order chi connectivity index (χ0) is 21.6. The fourth-order valence-corrected chi connectivity index (χ4v) is 3.41. The molecule has 1 aliphatic rings. The Labute approximate surface area is 200 Å². The maximum atomic E-state index is 4.74. The Balaban J connectivity index is 0.00000259. The zero-order valence-electron chi connectivity index (χ0n) is 17.6. The van der Waals surface area contributed by atoms with Crippen LogP contribution in [0.25, 0.3) is 24.8 Å². The summed E-state index contributed by atoms with van der Waals surface area (Å²) in [4.78, 5) is 19.0. The quantitative estimate of drug-likeness (QED) is 0.327. The van der Waals surface area contributed by atoms with E-state index in [-0.39, 0.29) is 17.1 Å². The van der Waals surface area contributed by atoms with Gasteiger partial charge >= 0.3 is 17.1 Å². The summed E-state index contributed by atoms with van der Waals surface area (Å²) in [6.45, 7) is 0. The summed E-state index contributed by atoms with van der Waals surface area (Å²) in [6, 6.07) is 31.8. The van der Waals surface area contributed by atoms with Gasteiger partial charge in [-0.1, -0.05) is 72.8 Å². The Morgan fingerprint density at radius 2 is 0.515 bits per heavy atom. The van der Waals surface area contributed by atoms with E-state index in [0.717, 1.165) is 42.3 Å². The molecule has 0 aliphatic carbocycles. The van der Waals surface area contributed by atoms with E-state index in [0.29, 0.717) is 0 Å². The van der Waals surface area contributed by atoms with Gasteiger partial charge in [-0.15, -0.1) is 0 Å². The standard InChI is InChI=1S/C28H20N4.Cu/c1-5-13-25-21(9-1)17-29-26-14-6-2-11-23(26)19-31-28-16-8-4-12-24(28)20-32-27-15-7-3-10-22(27)18-30-25;/h1-20H;/q;+2. The predicted molar refractivity (Wildman–Crippen MR) is 127 cm³/mol. The third-order valence-corrected chi connectivity index (χ3v) is 5.12. The van der Waals surface area contributed by atoms with Crippen molar-refractivity contribution in [2.24, 2.45) is 20.0 Å². The molecule has 0 saturated heterocycles. The van der Waals surface area contributed by atoms with Gasteiger partial charge in [0.2, 0.25) is 0 Å². The van der Waals surface area contributed by atoms with Crippen LogP contribution in [0, 0.1) is 0 Å². The second kappa shape index (κ2) is 10.6. The van der Waals surface area contributed by atoms with Crippen molar-refractivity contribution in [1.82, 2.24) is 0 Å². The summed E-state index contributed by atoms with van der Waals surface area (Å²) < 4.78 is 0. The Morgan fingerprint density at radius 3 is 0.758 bits per heavy atom. The Hall–Kier alpha value is -3.92. The first-order valence-corrected chi connectivity index (χ1v) is 10.4. The molecule has 0 fully saturated rings. The second-order valence-electron chi connectivity index (χ2n) is 7.27. The average Bonchev–Trinajstić information content (AvgIpc) is 2.85. The second-order valence-corrected chi connectivity index (χ2v) is 7.27. The smallest absolute Gasteiger partial charge is 0.256 e. The first kappa shape index (κ1) is 22.3. The minimum Gasteiger partial charge on any atom is -0.256 e. The topological polar surface area (TPSA) is 49.4 Å². The van der Waals surface area contributed by atoms with Gasteiger partial charge in [-0.05, 0) is 24.3 Å². The van der Waals surface area contributed by atoms with Gasteiger partial charge in [-0.3, -0.25) is 20.0 Å². The first-order valence-electron chi connectivity index (χ1n) is 10.4. The van der Waals surface area contributed by atoms with Crippen LogP contribution in [-0.2, 0) is 17.1 Å². The molecule has 0 bridgehead atoms. The fourth-order valence-electron chi connectivity index (χ4n) is 3.41. The van der Waals surface area contributed by atoms with Crippen LogP contribution in [0.2, 0.25) is 0 Å². The van der Waals surface area contributed by atoms with Gasteiger partial charge < -0.3 is 0 Å². The van der Waals surface area contributed by atoms with Crippen molar-refractivity contribution < 1.29 is 17.1 Å². The number of rotatable bonds is 0. The van der Waals surface area contributed by atoms with Crippen molar-refractivity contribution >= 4 is 24.8 Å². The third kappa shape index (κ3) is 5.29. The summed E-state index contributed by atoms with van der Waals surface area (Å²) in [7, 11) is 0. The monoisotopic (exact) mass is 475 g/mol. The fraction of sp³-hybridized carbons (Fsp3) is 0. The van der Waals surface area contributed by atoms with Crippen LogP contribution >= 0.6 is 0 Å². The van der Waals surface area contributed by atoms with Crippen molar-refractivity contribution in [3.8, 4) is 0 Å². The molecule has 33 heavy (non-hydrogen) atoms. The minimum atomic E-state index is 0. The van der Waals surface area contributed by atoms with Crippen molar-refractivity contribution in [3.63, 3.8) is 0 Å². The molecular weight excluding hydrogens is 456 g/mol. The van der Waals surface area contributed by atoms with Gasteiger partial charge in [0.25, 0.3) is 0 Å². The van der Waals surface area contributed by atoms with E-state index in [9.17, 15) is 0 Å². The molecule has 161 valence electrons. The Morgan fingerprint density at radius 1 is 0.303 bits per heavy atom. The van der Waals surface area contributed by atoms with Crippen LogP contribution in [0.4, 0.5) is 0 Å². The largest absolute Gasteiger partial charge is 2.00 e. The zero-order valence-corrected chi connectivity index (χ0v) is 18.6. The van der Waals surface area contributed by atoms with E-state index < -0.39 is 0 Å². The van der Waals surface area contributed by atoms with Gasteiger partial charge in [-0.25, -0.2) is 0 Å². The van der Waals surface area contributed by atoms with E-state index in [1.165, 1.54) is 0 Å². The number of fused-ring (bicyclic) bond motifs is 4. The average molecular weight is 476 g/mol. The number of para-hydroxylation sites is 4. The van der Waals surface area contributed by atoms with Crippen LogP contribution in [-0.4, -0.2) is 0 Å². The molecule has 0 N–H and O–H groups in total. The molecule has 0 unspecified atom stereocenters. The van der Waals surface area contributed by atoms with Crippen molar-refractivity contribution in [3.05, 3.63) is 139 Å². The molecule has 0 spiro atoms. The summed E-state index contributed by atoms with van der Waals surface area (Å²) >= 11 is 0. The summed E-state index contributed by atoms with van der Waals surface area (Å²) in [6.07, 6.45) is 7.40. The molecule has 0 atom stereocenters. The summed E-state index contributed by atoms with van der Waals surface area (Å²) in [5.74, 6) is 0. The van der Waals surface area contributed by atoms with Gasteiger partial charge in [0.05, 0.1) is 21.4 Å². The van der Waals surface area contributed by atoms with E-state index in [1.807, 2.05) is 122 Å². The molecule has 0 aromatic heterocycles. The van der Waals surface area contributed by atoms with Crippen LogP contribution in [0.1, 0.15) is 0 Å². The molecule has 1 radical (unpaired) electrons. The number of hydrogen-bond donors (Lipinski definition) is 0. The summed E-state index contributed by atoms with van der Waals surface area (Å²) in [5, 5.41) is 7.14. The molecule has 0 saturated carbocycles. The maximum absolute atomic E-state index is 4.74. The predicted octanol–water partition coefficient (Wildman–Crippen LogP) is 0.229. The van der Waals surface area contributed by atoms with Crippen LogP contribution < -0.4 is 42.3 Å². The SMILES string of the molecule is C1=c2ccccc2=NC=c2ccccc2=NC=c2ccccc2=NC=c2ccccc2=N1.[Cu+2]. The molecule has 1 heterocycles. The molecule has 5 heteroatoms. The van der Waals surface area contributed by atoms with Crippen LogP contribution in [0.5, 0.6) is 0 Å². The Bertz CT molecular complexity index is 1390. The number of benzene rings is 4.